The van der Waals surface area contributed by atoms with Crippen molar-refractivity contribution in [2.24, 2.45) is 5.73 Å². The Kier molecular flexibility index (Phi) is 6.36. The molecule has 1 amide bonds. The second-order valence-electron chi connectivity index (χ2n) is 6.32. The predicted octanol–water partition coefficient (Wildman–Crippen LogP) is 2.44. The van der Waals surface area contributed by atoms with Crippen LogP contribution in [-0.2, 0) is 6.54 Å². The molecule has 6 heteroatoms. The number of halogens is 1. The van der Waals surface area contributed by atoms with Crippen molar-refractivity contribution in [2.45, 2.75) is 39.8 Å². The van der Waals surface area contributed by atoms with Crippen molar-refractivity contribution in [1.29, 1.82) is 0 Å². The third-order valence-corrected chi connectivity index (χ3v) is 3.61. The fraction of sp³-hybridized carbons (Fsp3) is 0.412. The van der Waals surface area contributed by atoms with Gasteiger partial charge in [0.1, 0.15) is 0 Å². The highest BCUT2D eigenvalue weighted by Crippen LogP contribution is 2.10. The first-order valence-corrected chi connectivity index (χ1v) is 7.43. The summed E-state index contributed by atoms with van der Waals surface area (Å²) >= 11 is 0. The minimum absolute atomic E-state index is 0. The molecular formula is C17H25ClN4O. The van der Waals surface area contributed by atoms with Gasteiger partial charge in [0.15, 0.2) is 0 Å². The molecule has 0 atom stereocenters. The van der Waals surface area contributed by atoms with Crippen LogP contribution in [0.3, 0.4) is 0 Å². The summed E-state index contributed by atoms with van der Waals surface area (Å²) in [6.45, 7) is 8.93. The Labute approximate surface area is 143 Å². The summed E-state index contributed by atoms with van der Waals surface area (Å²) in [5, 5.41) is 7.37. The summed E-state index contributed by atoms with van der Waals surface area (Å²) in [5.74, 6) is -0.104. The highest BCUT2D eigenvalue weighted by molar-refractivity contribution is 5.94. The molecule has 0 saturated heterocycles. The summed E-state index contributed by atoms with van der Waals surface area (Å²) in [6, 6.07) is 9.64. The molecule has 3 N–H and O–H groups in total. The number of amides is 1. The molecule has 0 aliphatic heterocycles. The van der Waals surface area contributed by atoms with Gasteiger partial charge < -0.3 is 11.1 Å². The Morgan fingerprint density at radius 3 is 2.35 bits per heavy atom. The van der Waals surface area contributed by atoms with E-state index in [-0.39, 0.29) is 18.3 Å². The fourth-order valence-corrected chi connectivity index (χ4v) is 2.20. The third kappa shape index (κ3) is 5.08. The van der Waals surface area contributed by atoms with E-state index in [4.69, 9.17) is 5.73 Å². The Morgan fingerprint density at radius 2 is 1.87 bits per heavy atom. The Morgan fingerprint density at radius 1 is 1.26 bits per heavy atom. The average Bonchev–Trinajstić information content (AvgIpc) is 2.77. The van der Waals surface area contributed by atoms with Crippen LogP contribution in [0.5, 0.6) is 0 Å². The van der Waals surface area contributed by atoms with Gasteiger partial charge in [-0.3, -0.25) is 9.48 Å². The number of carbonyl (C=O) groups is 1. The zero-order valence-corrected chi connectivity index (χ0v) is 14.9. The van der Waals surface area contributed by atoms with Crippen LogP contribution in [0.25, 0.3) is 0 Å². The van der Waals surface area contributed by atoms with Crippen LogP contribution >= 0.6 is 12.4 Å². The second kappa shape index (κ2) is 7.62. The van der Waals surface area contributed by atoms with Crippen molar-refractivity contribution < 1.29 is 4.79 Å². The van der Waals surface area contributed by atoms with Crippen molar-refractivity contribution in [2.75, 3.05) is 6.54 Å². The van der Waals surface area contributed by atoms with E-state index in [1.165, 1.54) is 0 Å². The molecule has 0 radical (unpaired) electrons. The maximum absolute atomic E-state index is 12.2. The van der Waals surface area contributed by atoms with E-state index in [1.807, 2.05) is 56.6 Å². The number of rotatable bonds is 5. The molecule has 0 unspecified atom stereocenters. The number of aryl methyl sites for hydroxylation is 2. The lowest BCUT2D eigenvalue weighted by Gasteiger charge is -2.24. The van der Waals surface area contributed by atoms with Gasteiger partial charge in [-0.25, -0.2) is 0 Å². The van der Waals surface area contributed by atoms with Crippen LogP contribution in [0.1, 0.15) is 41.2 Å². The van der Waals surface area contributed by atoms with Crippen LogP contribution in [0.2, 0.25) is 0 Å². The van der Waals surface area contributed by atoms with Gasteiger partial charge in [0.2, 0.25) is 0 Å². The van der Waals surface area contributed by atoms with E-state index in [1.54, 1.807) is 0 Å². The quantitative estimate of drug-likeness (QED) is 0.880. The van der Waals surface area contributed by atoms with Gasteiger partial charge in [0.05, 0.1) is 12.2 Å². The van der Waals surface area contributed by atoms with Crippen LogP contribution < -0.4 is 11.1 Å². The Hall–Kier alpha value is -1.85. The number of nitrogens with zero attached hydrogens (tertiary/aromatic N) is 2. The van der Waals surface area contributed by atoms with Gasteiger partial charge in [0.25, 0.3) is 5.91 Å². The standard InChI is InChI=1S/C17H24N4O.ClH/c1-12-9-13(2)21(20-12)10-14-5-7-15(8-6-14)16(22)19-17(3,4)11-18;/h5-9H,10-11,18H2,1-4H3,(H,19,22);1H. The summed E-state index contributed by atoms with van der Waals surface area (Å²) in [6.07, 6.45) is 0. The van der Waals surface area contributed by atoms with Gasteiger partial charge in [0, 0.05) is 23.3 Å². The van der Waals surface area contributed by atoms with E-state index < -0.39 is 5.54 Å². The molecule has 1 aromatic carbocycles. The number of hydrogen-bond donors (Lipinski definition) is 2. The molecule has 1 aromatic heterocycles. The largest absolute Gasteiger partial charge is 0.346 e. The molecule has 126 valence electrons. The van der Waals surface area contributed by atoms with E-state index >= 15 is 0 Å². The van der Waals surface area contributed by atoms with Crippen molar-refractivity contribution in [1.82, 2.24) is 15.1 Å². The van der Waals surface area contributed by atoms with Gasteiger partial charge in [-0.05, 0) is 51.5 Å². The second-order valence-corrected chi connectivity index (χ2v) is 6.32. The van der Waals surface area contributed by atoms with Crippen LogP contribution in [0, 0.1) is 13.8 Å². The smallest absolute Gasteiger partial charge is 0.251 e. The first-order chi connectivity index (χ1) is 10.3. The molecule has 0 spiro atoms. The maximum atomic E-state index is 12.2. The van der Waals surface area contributed by atoms with E-state index in [2.05, 4.69) is 16.5 Å². The zero-order valence-electron chi connectivity index (χ0n) is 14.1. The fourth-order valence-electron chi connectivity index (χ4n) is 2.20. The highest BCUT2D eigenvalue weighted by atomic mass is 35.5. The minimum atomic E-state index is -0.403. The van der Waals surface area contributed by atoms with Crippen LogP contribution in [-0.4, -0.2) is 27.8 Å². The van der Waals surface area contributed by atoms with Gasteiger partial charge in [-0.15, -0.1) is 12.4 Å². The maximum Gasteiger partial charge on any atom is 0.251 e. The van der Waals surface area contributed by atoms with Gasteiger partial charge in [-0.2, -0.15) is 5.10 Å². The van der Waals surface area contributed by atoms with Gasteiger partial charge >= 0.3 is 0 Å². The molecule has 23 heavy (non-hydrogen) atoms. The molecule has 0 aliphatic carbocycles. The van der Waals surface area contributed by atoms with E-state index in [0.717, 1.165) is 17.0 Å². The van der Waals surface area contributed by atoms with Gasteiger partial charge in [-0.1, -0.05) is 12.1 Å². The first-order valence-electron chi connectivity index (χ1n) is 7.43. The molecule has 0 aliphatic rings. The summed E-state index contributed by atoms with van der Waals surface area (Å²) in [4.78, 5) is 12.2. The minimum Gasteiger partial charge on any atom is -0.346 e. The lowest BCUT2D eigenvalue weighted by molar-refractivity contribution is 0.0915. The van der Waals surface area contributed by atoms with E-state index in [0.29, 0.717) is 18.7 Å². The number of nitrogens with one attached hydrogen (secondary N) is 1. The Balaban J connectivity index is 0.00000264. The van der Waals surface area contributed by atoms with Crippen molar-refractivity contribution >= 4 is 18.3 Å². The predicted molar refractivity (Wildman–Crippen MR) is 95.1 cm³/mol. The van der Waals surface area contributed by atoms with Crippen molar-refractivity contribution in [3.05, 3.63) is 52.8 Å². The lowest BCUT2D eigenvalue weighted by Crippen LogP contribution is -2.48. The summed E-state index contributed by atoms with van der Waals surface area (Å²) in [7, 11) is 0. The normalized spacial score (nSPS) is 11.0. The average molecular weight is 337 g/mol. The number of carbonyl (C=O) groups excluding carboxylic acids is 1. The molecule has 1 heterocycles. The third-order valence-electron chi connectivity index (χ3n) is 3.61. The molecule has 0 saturated carbocycles. The SMILES string of the molecule is Cc1cc(C)n(Cc2ccc(C(=O)NC(C)(C)CN)cc2)n1.Cl. The summed E-state index contributed by atoms with van der Waals surface area (Å²) in [5.41, 5.74) is 9.12. The van der Waals surface area contributed by atoms with Crippen molar-refractivity contribution in [3.63, 3.8) is 0 Å². The first kappa shape index (κ1) is 19.2. The van der Waals surface area contributed by atoms with Crippen LogP contribution in [0.15, 0.2) is 30.3 Å². The van der Waals surface area contributed by atoms with Crippen LogP contribution in [0.4, 0.5) is 0 Å². The summed E-state index contributed by atoms with van der Waals surface area (Å²) < 4.78 is 1.96. The van der Waals surface area contributed by atoms with Crippen molar-refractivity contribution in [3.8, 4) is 0 Å². The highest BCUT2D eigenvalue weighted by Gasteiger charge is 2.19. The number of nitrogens with two attached hydrogens (primary N) is 1. The monoisotopic (exact) mass is 336 g/mol. The number of hydrogen-bond acceptors (Lipinski definition) is 3. The Bertz CT molecular complexity index is 662. The molecule has 2 rings (SSSR count). The lowest BCUT2D eigenvalue weighted by atomic mass is 10.0. The number of benzene rings is 1. The zero-order chi connectivity index (χ0) is 16.3. The molecular weight excluding hydrogens is 312 g/mol. The molecule has 5 nitrogen and oxygen atoms in total. The molecule has 0 bridgehead atoms. The van der Waals surface area contributed by atoms with E-state index in [9.17, 15) is 4.79 Å². The topological polar surface area (TPSA) is 72.9 Å². The molecule has 0 fully saturated rings. The number of aromatic nitrogens is 2. The molecule has 2 aromatic rings.